The van der Waals surface area contributed by atoms with Gasteiger partial charge >= 0.3 is 0 Å². The van der Waals surface area contributed by atoms with Crippen LogP contribution in [-0.4, -0.2) is 29.9 Å². The number of hydrogen-bond donors (Lipinski definition) is 2. The van der Waals surface area contributed by atoms with Crippen molar-refractivity contribution in [2.75, 3.05) is 13.1 Å². The number of halogens is 1. The third kappa shape index (κ3) is 6.44. The van der Waals surface area contributed by atoms with Gasteiger partial charge in [-0.25, -0.2) is 9.37 Å². The van der Waals surface area contributed by atoms with Gasteiger partial charge < -0.3 is 15.4 Å². The molecule has 0 spiro atoms. The number of ether oxygens (including phenoxy) is 1. The van der Waals surface area contributed by atoms with Crippen molar-refractivity contribution in [1.29, 1.82) is 0 Å². The Hall–Kier alpha value is -2.48. The Balaban J connectivity index is 1.72. The molecule has 1 aromatic heterocycles. The first-order valence-electron chi connectivity index (χ1n) is 8.46. The summed E-state index contributed by atoms with van der Waals surface area (Å²) in [5, 5.41) is 7.64. The highest BCUT2D eigenvalue weighted by atomic mass is 32.1. The van der Waals surface area contributed by atoms with E-state index in [2.05, 4.69) is 15.6 Å². The topological polar surface area (TPSA) is 80.3 Å². The van der Waals surface area contributed by atoms with E-state index >= 15 is 0 Å². The summed E-state index contributed by atoms with van der Waals surface area (Å²) < 4.78 is 18.9. The number of carbonyl (C=O) groups is 2. The second-order valence-corrected chi connectivity index (χ2v) is 6.50. The lowest BCUT2D eigenvalue weighted by atomic mass is 10.2. The number of unbranched alkanes of at least 4 members (excludes halogenated alkanes) is 1. The number of hydrogen-bond acceptors (Lipinski definition) is 5. The molecule has 0 atom stereocenters. The van der Waals surface area contributed by atoms with Crippen LogP contribution < -0.4 is 15.4 Å². The van der Waals surface area contributed by atoms with E-state index in [-0.39, 0.29) is 29.9 Å². The number of para-hydroxylation sites is 1. The molecule has 140 valence electrons. The summed E-state index contributed by atoms with van der Waals surface area (Å²) in [5.74, 6) is -0.626. The molecular formula is C18H22FN3O3S. The van der Waals surface area contributed by atoms with Crippen LogP contribution in [0.4, 0.5) is 4.39 Å². The molecule has 2 rings (SSSR count). The SMILES string of the molecule is CCCCC(=O)NCCNC(=O)c1csc(COc2ccccc2F)n1. The van der Waals surface area contributed by atoms with Crippen molar-refractivity contribution in [2.24, 2.45) is 0 Å². The molecule has 0 saturated carbocycles. The predicted molar refractivity (Wildman–Crippen MR) is 97.7 cm³/mol. The smallest absolute Gasteiger partial charge is 0.270 e. The summed E-state index contributed by atoms with van der Waals surface area (Å²) in [6.45, 7) is 2.82. The first kappa shape index (κ1) is 19.8. The van der Waals surface area contributed by atoms with Crippen LogP contribution in [0.15, 0.2) is 29.6 Å². The summed E-state index contributed by atoms with van der Waals surface area (Å²) in [6, 6.07) is 6.11. The minimum Gasteiger partial charge on any atom is -0.483 e. The molecule has 0 bridgehead atoms. The molecule has 6 nitrogen and oxygen atoms in total. The highest BCUT2D eigenvalue weighted by molar-refractivity contribution is 7.09. The van der Waals surface area contributed by atoms with E-state index in [9.17, 15) is 14.0 Å². The molecule has 0 radical (unpaired) electrons. The van der Waals surface area contributed by atoms with Crippen molar-refractivity contribution < 1.29 is 18.7 Å². The van der Waals surface area contributed by atoms with Gasteiger partial charge in [0.2, 0.25) is 5.91 Å². The first-order chi connectivity index (χ1) is 12.6. The van der Waals surface area contributed by atoms with Gasteiger partial charge in [0.1, 0.15) is 17.3 Å². The maximum atomic E-state index is 13.5. The summed E-state index contributed by atoms with van der Waals surface area (Å²) in [6.07, 6.45) is 2.33. The van der Waals surface area contributed by atoms with E-state index in [0.29, 0.717) is 24.5 Å². The normalized spacial score (nSPS) is 10.4. The predicted octanol–water partition coefficient (Wildman–Crippen LogP) is 2.90. The van der Waals surface area contributed by atoms with Gasteiger partial charge in [0.05, 0.1) is 0 Å². The van der Waals surface area contributed by atoms with Gasteiger partial charge in [0.25, 0.3) is 5.91 Å². The van der Waals surface area contributed by atoms with Crippen LogP contribution in [0.2, 0.25) is 0 Å². The molecule has 0 aliphatic rings. The molecule has 2 aromatic rings. The van der Waals surface area contributed by atoms with Gasteiger partial charge in [-0.1, -0.05) is 25.5 Å². The number of amides is 2. The monoisotopic (exact) mass is 379 g/mol. The van der Waals surface area contributed by atoms with E-state index in [1.54, 1.807) is 17.5 Å². The molecular weight excluding hydrogens is 357 g/mol. The number of aromatic nitrogens is 1. The van der Waals surface area contributed by atoms with Crippen molar-refractivity contribution in [3.05, 3.63) is 46.2 Å². The van der Waals surface area contributed by atoms with Crippen molar-refractivity contribution >= 4 is 23.2 Å². The average Bonchev–Trinajstić information content (AvgIpc) is 3.12. The van der Waals surface area contributed by atoms with E-state index in [1.807, 2.05) is 6.92 Å². The van der Waals surface area contributed by atoms with E-state index < -0.39 is 5.82 Å². The van der Waals surface area contributed by atoms with Crippen LogP contribution >= 0.6 is 11.3 Å². The summed E-state index contributed by atoms with van der Waals surface area (Å²) >= 11 is 1.27. The number of rotatable bonds is 10. The zero-order valence-electron chi connectivity index (χ0n) is 14.6. The number of thiazole rings is 1. The molecule has 0 fully saturated rings. The van der Waals surface area contributed by atoms with Crippen LogP contribution in [-0.2, 0) is 11.4 Å². The lowest BCUT2D eigenvalue weighted by molar-refractivity contribution is -0.121. The number of nitrogens with zero attached hydrogens (tertiary/aromatic N) is 1. The zero-order chi connectivity index (χ0) is 18.8. The van der Waals surface area contributed by atoms with Crippen molar-refractivity contribution in [1.82, 2.24) is 15.6 Å². The quantitative estimate of drug-likeness (QED) is 0.622. The van der Waals surface area contributed by atoms with Crippen LogP contribution in [0.1, 0.15) is 41.7 Å². The molecule has 0 saturated heterocycles. The number of benzene rings is 1. The molecule has 8 heteroatoms. The third-order valence-corrected chi connectivity index (χ3v) is 4.28. The first-order valence-corrected chi connectivity index (χ1v) is 9.34. The second kappa shape index (κ2) is 10.5. The van der Waals surface area contributed by atoms with Crippen molar-refractivity contribution in [3.63, 3.8) is 0 Å². The number of nitrogens with one attached hydrogen (secondary N) is 2. The Labute approximate surface area is 155 Å². The summed E-state index contributed by atoms with van der Waals surface area (Å²) in [4.78, 5) is 27.7. The maximum Gasteiger partial charge on any atom is 0.270 e. The van der Waals surface area contributed by atoms with Gasteiger partial charge in [-0.05, 0) is 18.6 Å². The van der Waals surface area contributed by atoms with Crippen LogP contribution in [0.25, 0.3) is 0 Å². The van der Waals surface area contributed by atoms with Crippen LogP contribution in [0, 0.1) is 5.82 Å². The molecule has 0 aliphatic carbocycles. The Morgan fingerprint density at radius 2 is 2.00 bits per heavy atom. The molecule has 26 heavy (non-hydrogen) atoms. The Kier molecular flexibility index (Phi) is 8.01. The molecule has 1 aromatic carbocycles. The minimum absolute atomic E-state index is 0.0117. The van der Waals surface area contributed by atoms with Gasteiger partial charge in [-0.2, -0.15) is 0 Å². The van der Waals surface area contributed by atoms with Crippen molar-refractivity contribution in [3.8, 4) is 5.75 Å². The lowest BCUT2D eigenvalue weighted by Crippen LogP contribution is -2.34. The lowest BCUT2D eigenvalue weighted by Gasteiger charge is -2.06. The zero-order valence-corrected chi connectivity index (χ0v) is 15.4. The van der Waals surface area contributed by atoms with Gasteiger partial charge in [-0.15, -0.1) is 11.3 Å². The Morgan fingerprint density at radius 1 is 1.23 bits per heavy atom. The highest BCUT2D eigenvalue weighted by Gasteiger charge is 2.11. The molecule has 2 N–H and O–H groups in total. The fourth-order valence-electron chi connectivity index (χ4n) is 2.08. The van der Waals surface area contributed by atoms with E-state index in [0.717, 1.165) is 12.8 Å². The Bertz CT molecular complexity index is 736. The standard InChI is InChI=1S/C18H22FN3O3S/c1-2-3-8-16(23)20-9-10-21-18(24)14-12-26-17(22-14)11-25-15-7-5-4-6-13(15)19/h4-7,12H,2-3,8-11H2,1H3,(H,20,23)(H,21,24). The van der Waals surface area contributed by atoms with Crippen LogP contribution in [0.5, 0.6) is 5.75 Å². The van der Waals surface area contributed by atoms with Gasteiger partial charge in [0, 0.05) is 24.9 Å². The third-order valence-electron chi connectivity index (χ3n) is 3.46. The fourth-order valence-corrected chi connectivity index (χ4v) is 2.76. The Morgan fingerprint density at radius 3 is 2.77 bits per heavy atom. The van der Waals surface area contributed by atoms with Crippen LogP contribution in [0.3, 0.4) is 0 Å². The van der Waals surface area contributed by atoms with Gasteiger partial charge in [0.15, 0.2) is 11.6 Å². The van der Waals surface area contributed by atoms with E-state index in [4.69, 9.17) is 4.74 Å². The highest BCUT2D eigenvalue weighted by Crippen LogP contribution is 2.18. The minimum atomic E-state index is -0.442. The van der Waals surface area contributed by atoms with Gasteiger partial charge in [-0.3, -0.25) is 9.59 Å². The fraction of sp³-hybridized carbons (Fsp3) is 0.389. The molecule has 0 unspecified atom stereocenters. The second-order valence-electron chi connectivity index (χ2n) is 5.55. The summed E-state index contributed by atoms with van der Waals surface area (Å²) in [5.41, 5.74) is 0.277. The summed E-state index contributed by atoms with van der Waals surface area (Å²) in [7, 11) is 0. The van der Waals surface area contributed by atoms with Crippen molar-refractivity contribution in [2.45, 2.75) is 32.8 Å². The molecule has 1 heterocycles. The average molecular weight is 379 g/mol. The molecule has 0 aliphatic heterocycles. The molecule has 2 amide bonds. The maximum absolute atomic E-state index is 13.5. The number of carbonyl (C=O) groups excluding carboxylic acids is 2. The van der Waals surface area contributed by atoms with E-state index in [1.165, 1.54) is 23.5 Å². The largest absolute Gasteiger partial charge is 0.483 e.